The Morgan fingerprint density at radius 3 is 2.47 bits per heavy atom. The van der Waals surface area contributed by atoms with E-state index in [9.17, 15) is 0 Å². The Morgan fingerprint density at radius 1 is 1.11 bits per heavy atom. The maximum absolute atomic E-state index is 4.38. The summed E-state index contributed by atoms with van der Waals surface area (Å²) < 4.78 is 1.14. The highest BCUT2D eigenvalue weighted by atomic mass is 79.9. The minimum atomic E-state index is 1.04. The zero-order valence-corrected chi connectivity index (χ0v) is 13.0. The average molecular weight is 338 g/mol. The fourth-order valence-electron chi connectivity index (χ4n) is 2.32. The molecule has 0 saturated carbocycles. The van der Waals surface area contributed by atoms with Crippen molar-refractivity contribution in [2.45, 2.75) is 6.54 Å². The highest BCUT2D eigenvalue weighted by Gasteiger charge is 2.18. The lowest BCUT2D eigenvalue weighted by molar-refractivity contribution is 0.250. The van der Waals surface area contributed by atoms with Crippen LogP contribution in [0.1, 0.15) is 5.56 Å². The summed E-state index contributed by atoms with van der Waals surface area (Å²) in [7, 11) is 0. The van der Waals surface area contributed by atoms with Crippen LogP contribution in [0.2, 0.25) is 0 Å². The van der Waals surface area contributed by atoms with Gasteiger partial charge in [-0.25, -0.2) is 4.98 Å². The van der Waals surface area contributed by atoms with Crippen molar-refractivity contribution in [2.75, 3.05) is 31.1 Å². The van der Waals surface area contributed by atoms with E-state index in [-0.39, 0.29) is 0 Å². The number of piperazine rings is 1. The summed E-state index contributed by atoms with van der Waals surface area (Å²) in [5.41, 5.74) is 1.38. The zero-order valence-electron chi connectivity index (χ0n) is 10.6. The highest BCUT2D eigenvalue weighted by molar-refractivity contribution is 9.10. The predicted octanol–water partition coefficient (Wildman–Crippen LogP) is 3.23. The average Bonchev–Trinajstić information content (AvgIpc) is 2.96. The first-order valence-electron chi connectivity index (χ1n) is 6.42. The van der Waals surface area contributed by atoms with Crippen LogP contribution in [0, 0.1) is 0 Å². The van der Waals surface area contributed by atoms with Gasteiger partial charge in [0.25, 0.3) is 0 Å². The molecule has 2 heterocycles. The van der Waals surface area contributed by atoms with Crippen LogP contribution in [0.3, 0.4) is 0 Å². The molecule has 1 fully saturated rings. The van der Waals surface area contributed by atoms with Gasteiger partial charge >= 0.3 is 0 Å². The van der Waals surface area contributed by atoms with Crippen LogP contribution < -0.4 is 4.90 Å². The molecule has 0 N–H and O–H groups in total. The lowest BCUT2D eigenvalue weighted by Gasteiger charge is -2.34. The molecule has 0 bridgehead atoms. The van der Waals surface area contributed by atoms with Gasteiger partial charge in [-0.05, 0) is 17.7 Å². The van der Waals surface area contributed by atoms with Gasteiger partial charge in [-0.1, -0.05) is 28.1 Å². The standard InChI is InChI=1S/C14H16BrN3S/c15-13-3-1-12(2-4-13)11-17-6-8-18(9-7-17)14-16-5-10-19-14/h1-5,10H,6-9,11H2. The van der Waals surface area contributed by atoms with Gasteiger partial charge in [-0.2, -0.15) is 0 Å². The molecule has 19 heavy (non-hydrogen) atoms. The number of benzene rings is 1. The molecule has 2 aromatic rings. The molecule has 1 aliphatic heterocycles. The second kappa shape index (κ2) is 6.03. The maximum atomic E-state index is 4.38. The molecule has 1 aromatic heterocycles. The van der Waals surface area contributed by atoms with E-state index in [1.54, 1.807) is 11.3 Å². The molecule has 0 unspecified atom stereocenters. The van der Waals surface area contributed by atoms with Crippen molar-refractivity contribution in [3.63, 3.8) is 0 Å². The fourth-order valence-corrected chi connectivity index (χ4v) is 3.28. The molecule has 0 aliphatic carbocycles. The molecule has 0 spiro atoms. The summed E-state index contributed by atoms with van der Waals surface area (Å²) in [5.74, 6) is 0. The minimum Gasteiger partial charge on any atom is -0.346 e. The summed E-state index contributed by atoms with van der Waals surface area (Å²) in [4.78, 5) is 9.26. The smallest absolute Gasteiger partial charge is 0.185 e. The second-order valence-electron chi connectivity index (χ2n) is 4.70. The zero-order chi connectivity index (χ0) is 13.1. The number of hydrogen-bond acceptors (Lipinski definition) is 4. The first-order valence-corrected chi connectivity index (χ1v) is 8.10. The Balaban J connectivity index is 1.54. The van der Waals surface area contributed by atoms with Crippen molar-refractivity contribution in [3.05, 3.63) is 45.9 Å². The van der Waals surface area contributed by atoms with Crippen molar-refractivity contribution in [2.24, 2.45) is 0 Å². The van der Waals surface area contributed by atoms with E-state index in [1.807, 2.05) is 11.6 Å². The van der Waals surface area contributed by atoms with Crippen molar-refractivity contribution >= 4 is 32.4 Å². The third-order valence-corrected chi connectivity index (χ3v) is 4.74. The van der Waals surface area contributed by atoms with Crippen LogP contribution in [-0.2, 0) is 6.54 Å². The van der Waals surface area contributed by atoms with E-state index in [2.05, 4.69) is 55.0 Å². The van der Waals surface area contributed by atoms with Gasteiger partial charge in [0, 0.05) is 48.8 Å². The van der Waals surface area contributed by atoms with Gasteiger partial charge in [0.15, 0.2) is 5.13 Å². The first kappa shape index (κ1) is 13.1. The van der Waals surface area contributed by atoms with Crippen LogP contribution in [0.4, 0.5) is 5.13 Å². The molecule has 100 valence electrons. The summed E-state index contributed by atoms with van der Waals surface area (Å²) in [6.07, 6.45) is 1.88. The predicted molar refractivity (Wildman–Crippen MR) is 83.7 cm³/mol. The lowest BCUT2D eigenvalue weighted by Crippen LogP contribution is -2.45. The number of nitrogens with zero attached hydrogens (tertiary/aromatic N) is 3. The van der Waals surface area contributed by atoms with Crippen LogP contribution in [0.25, 0.3) is 0 Å². The Morgan fingerprint density at radius 2 is 1.84 bits per heavy atom. The third-order valence-electron chi connectivity index (χ3n) is 3.38. The van der Waals surface area contributed by atoms with Crippen molar-refractivity contribution in [1.82, 2.24) is 9.88 Å². The molecule has 3 nitrogen and oxygen atoms in total. The molecular weight excluding hydrogens is 322 g/mol. The largest absolute Gasteiger partial charge is 0.346 e. The van der Waals surface area contributed by atoms with E-state index in [0.717, 1.165) is 42.3 Å². The van der Waals surface area contributed by atoms with Crippen molar-refractivity contribution in [1.29, 1.82) is 0 Å². The monoisotopic (exact) mass is 337 g/mol. The first-order chi connectivity index (χ1) is 9.31. The Hall–Kier alpha value is -0.910. The quantitative estimate of drug-likeness (QED) is 0.857. The molecule has 0 amide bonds. The lowest BCUT2D eigenvalue weighted by atomic mass is 10.2. The second-order valence-corrected chi connectivity index (χ2v) is 6.49. The summed E-state index contributed by atoms with van der Waals surface area (Å²) >= 11 is 5.20. The molecule has 0 atom stereocenters. The number of anilines is 1. The van der Waals surface area contributed by atoms with E-state index < -0.39 is 0 Å². The molecule has 1 aliphatic rings. The van der Waals surface area contributed by atoms with Crippen LogP contribution in [0.5, 0.6) is 0 Å². The number of thiazole rings is 1. The number of halogens is 1. The Labute approximate surface area is 126 Å². The topological polar surface area (TPSA) is 19.4 Å². The van der Waals surface area contributed by atoms with Gasteiger partial charge < -0.3 is 4.90 Å². The SMILES string of the molecule is Brc1ccc(CN2CCN(c3nccs3)CC2)cc1. The van der Waals surface area contributed by atoms with Gasteiger partial charge in [0.05, 0.1) is 0 Å². The highest BCUT2D eigenvalue weighted by Crippen LogP contribution is 2.20. The third kappa shape index (κ3) is 3.35. The van der Waals surface area contributed by atoms with E-state index >= 15 is 0 Å². The van der Waals surface area contributed by atoms with Crippen LogP contribution >= 0.6 is 27.3 Å². The van der Waals surface area contributed by atoms with Crippen LogP contribution in [0.15, 0.2) is 40.3 Å². The molecule has 0 radical (unpaired) electrons. The van der Waals surface area contributed by atoms with Crippen molar-refractivity contribution in [3.8, 4) is 0 Å². The normalized spacial score (nSPS) is 16.8. The Bertz CT molecular complexity index is 504. The fraction of sp³-hybridized carbons (Fsp3) is 0.357. The summed E-state index contributed by atoms with van der Waals surface area (Å²) in [5, 5.41) is 3.20. The summed E-state index contributed by atoms with van der Waals surface area (Å²) in [6.45, 7) is 5.40. The van der Waals surface area contributed by atoms with E-state index in [4.69, 9.17) is 0 Å². The van der Waals surface area contributed by atoms with E-state index in [1.165, 1.54) is 5.56 Å². The van der Waals surface area contributed by atoms with Gasteiger partial charge in [-0.15, -0.1) is 11.3 Å². The van der Waals surface area contributed by atoms with Crippen molar-refractivity contribution < 1.29 is 0 Å². The Kier molecular flexibility index (Phi) is 4.15. The molecule has 1 saturated heterocycles. The number of hydrogen-bond donors (Lipinski definition) is 0. The number of aromatic nitrogens is 1. The molecule has 1 aromatic carbocycles. The van der Waals surface area contributed by atoms with E-state index in [0.29, 0.717) is 0 Å². The summed E-state index contributed by atoms with van der Waals surface area (Å²) in [6, 6.07) is 8.61. The van der Waals surface area contributed by atoms with Gasteiger partial charge in [0.1, 0.15) is 0 Å². The molecule has 5 heteroatoms. The maximum Gasteiger partial charge on any atom is 0.185 e. The molecular formula is C14H16BrN3S. The molecule has 3 rings (SSSR count). The van der Waals surface area contributed by atoms with Gasteiger partial charge in [-0.3, -0.25) is 4.90 Å². The van der Waals surface area contributed by atoms with Gasteiger partial charge in [0.2, 0.25) is 0 Å². The number of rotatable bonds is 3. The van der Waals surface area contributed by atoms with Crippen LogP contribution in [-0.4, -0.2) is 36.1 Å². The minimum absolute atomic E-state index is 1.04.